The second kappa shape index (κ2) is 3.95. The van der Waals surface area contributed by atoms with Crippen LogP contribution in [0.15, 0.2) is 18.2 Å². The summed E-state index contributed by atoms with van der Waals surface area (Å²) < 4.78 is 0. The molecule has 17 heavy (non-hydrogen) atoms. The van der Waals surface area contributed by atoms with Gasteiger partial charge in [0.1, 0.15) is 0 Å². The summed E-state index contributed by atoms with van der Waals surface area (Å²) in [5, 5.41) is 12.1. The van der Waals surface area contributed by atoms with Gasteiger partial charge in [0.05, 0.1) is 5.56 Å². The molecule has 0 aliphatic heterocycles. The Hall–Kier alpha value is -1.71. The summed E-state index contributed by atoms with van der Waals surface area (Å²) in [5.41, 5.74) is 7.46. The molecule has 0 aromatic heterocycles. The van der Waals surface area contributed by atoms with Gasteiger partial charge in [0.15, 0.2) is 0 Å². The Morgan fingerprint density at radius 3 is 2.71 bits per heavy atom. The molecule has 1 aromatic rings. The van der Waals surface area contributed by atoms with Gasteiger partial charge in [-0.2, -0.15) is 0 Å². The van der Waals surface area contributed by atoms with Crippen molar-refractivity contribution in [3.05, 3.63) is 23.8 Å². The Morgan fingerprint density at radius 1 is 1.59 bits per heavy atom. The van der Waals surface area contributed by atoms with Gasteiger partial charge in [0.25, 0.3) is 0 Å². The Kier molecular flexibility index (Phi) is 2.73. The lowest BCUT2D eigenvalue weighted by atomic mass is 10.1. The number of nitrogens with one attached hydrogen (secondary N) is 1. The molecule has 0 bridgehead atoms. The van der Waals surface area contributed by atoms with Gasteiger partial charge >= 0.3 is 5.97 Å². The van der Waals surface area contributed by atoms with E-state index in [1.54, 1.807) is 12.1 Å². The predicted molar refractivity (Wildman–Crippen MR) is 68.2 cm³/mol. The normalized spacial score (nSPS) is 20.9. The van der Waals surface area contributed by atoms with E-state index >= 15 is 0 Å². The van der Waals surface area contributed by atoms with Gasteiger partial charge in [-0.3, -0.25) is 0 Å². The van der Waals surface area contributed by atoms with Gasteiger partial charge in [0.2, 0.25) is 0 Å². The van der Waals surface area contributed by atoms with Crippen LogP contribution in [0.3, 0.4) is 0 Å². The first-order valence-corrected chi connectivity index (χ1v) is 5.77. The minimum Gasteiger partial charge on any atom is -0.478 e. The molecule has 1 saturated carbocycles. The van der Waals surface area contributed by atoms with Gasteiger partial charge in [-0.25, -0.2) is 4.79 Å². The van der Waals surface area contributed by atoms with E-state index in [0.29, 0.717) is 17.0 Å². The van der Waals surface area contributed by atoms with Gasteiger partial charge < -0.3 is 16.2 Å². The number of carboxylic acids is 1. The van der Waals surface area contributed by atoms with E-state index in [9.17, 15) is 4.79 Å². The number of carbonyl (C=O) groups is 1. The molecule has 1 aromatic carbocycles. The topological polar surface area (TPSA) is 75.3 Å². The molecule has 4 heteroatoms. The average molecular weight is 234 g/mol. The molecule has 4 N–H and O–H groups in total. The summed E-state index contributed by atoms with van der Waals surface area (Å²) in [6.45, 7) is 5.42. The second-order valence-corrected chi connectivity index (χ2v) is 5.38. The first-order chi connectivity index (χ1) is 7.90. The molecule has 0 saturated heterocycles. The molecule has 0 radical (unpaired) electrons. The zero-order chi connectivity index (χ0) is 12.6. The smallest absolute Gasteiger partial charge is 0.337 e. The molecule has 0 spiro atoms. The zero-order valence-corrected chi connectivity index (χ0v) is 10.2. The minimum atomic E-state index is -0.989. The fourth-order valence-corrected chi connectivity index (χ4v) is 2.03. The number of aromatic carboxylic acids is 1. The summed E-state index contributed by atoms with van der Waals surface area (Å²) >= 11 is 0. The first-order valence-electron chi connectivity index (χ1n) is 5.77. The number of hydrogen-bond donors (Lipinski definition) is 3. The van der Waals surface area contributed by atoms with Crippen LogP contribution >= 0.6 is 0 Å². The Morgan fingerprint density at radius 2 is 2.24 bits per heavy atom. The quantitative estimate of drug-likeness (QED) is 0.699. The molecular weight excluding hydrogens is 216 g/mol. The lowest BCUT2D eigenvalue weighted by molar-refractivity contribution is 0.0698. The van der Waals surface area contributed by atoms with Crippen LogP contribution in [-0.4, -0.2) is 17.6 Å². The fourth-order valence-electron chi connectivity index (χ4n) is 2.03. The maximum Gasteiger partial charge on any atom is 0.337 e. The number of carboxylic acid groups (broad SMARTS) is 1. The summed E-state index contributed by atoms with van der Waals surface area (Å²) in [5.74, 6) is -0.291. The van der Waals surface area contributed by atoms with Gasteiger partial charge in [-0.05, 0) is 36.0 Å². The van der Waals surface area contributed by atoms with Crippen LogP contribution in [0.4, 0.5) is 11.4 Å². The van der Waals surface area contributed by atoms with E-state index in [1.807, 2.05) is 0 Å². The van der Waals surface area contributed by atoms with Crippen molar-refractivity contribution in [3.8, 4) is 0 Å². The van der Waals surface area contributed by atoms with Crippen LogP contribution in [-0.2, 0) is 0 Å². The SMILES string of the molecule is CC1(C)CC1CNc1ccc(C(=O)O)c(N)c1. The molecule has 1 aliphatic rings. The van der Waals surface area contributed by atoms with Crippen LogP contribution in [0, 0.1) is 11.3 Å². The highest BCUT2D eigenvalue weighted by Gasteiger charge is 2.44. The Labute approximate surface area is 101 Å². The highest BCUT2D eigenvalue weighted by Crippen LogP contribution is 2.51. The van der Waals surface area contributed by atoms with E-state index < -0.39 is 5.97 Å². The maximum atomic E-state index is 10.8. The second-order valence-electron chi connectivity index (χ2n) is 5.38. The number of nitrogens with two attached hydrogens (primary N) is 1. The molecule has 1 fully saturated rings. The van der Waals surface area contributed by atoms with E-state index in [4.69, 9.17) is 10.8 Å². The lowest BCUT2D eigenvalue weighted by Crippen LogP contribution is -2.08. The van der Waals surface area contributed by atoms with Gasteiger partial charge in [-0.1, -0.05) is 13.8 Å². The molecular formula is C13H18N2O2. The number of benzene rings is 1. The Balaban J connectivity index is 1.98. The molecule has 1 aliphatic carbocycles. The molecule has 4 nitrogen and oxygen atoms in total. The highest BCUT2D eigenvalue weighted by molar-refractivity contribution is 5.94. The van der Waals surface area contributed by atoms with Crippen molar-refractivity contribution in [1.82, 2.24) is 0 Å². The van der Waals surface area contributed by atoms with E-state index in [1.165, 1.54) is 12.5 Å². The van der Waals surface area contributed by atoms with Crippen LogP contribution in [0.2, 0.25) is 0 Å². The monoisotopic (exact) mass is 234 g/mol. The van der Waals surface area contributed by atoms with Gasteiger partial charge in [0, 0.05) is 17.9 Å². The number of rotatable bonds is 4. The Bertz CT molecular complexity index is 455. The number of nitrogen functional groups attached to an aromatic ring is 1. The third-order valence-corrected chi connectivity index (χ3v) is 3.55. The summed E-state index contributed by atoms with van der Waals surface area (Å²) in [7, 11) is 0. The molecule has 2 rings (SSSR count). The summed E-state index contributed by atoms with van der Waals surface area (Å²) in [6.07, 6.45) is 1.24. The van der Waals surface area contributed by atoms with Crippen molar-refractivity contribution in [3.63, 3.8) is 0 Å². The number of anilines is 2. The molecule has 0 heterocycles. The van der Waals surface area contributed by atoms with Crippen molar-refractivity contribution < 1.29 is 9.90 Å². The van der Waals surface area contributed by atoms with Crippen LogP contribution in [0.25, 0.3) is 0 Å². The predicted octanol–water partition coefficient (Wildman–Crippen LogP) is 2.42. The van der Waals surface area contributed by atoms with E-state index in [-0.39, 0.29) is 5.56 Å². The first kappa shape index (κ1) is 11.8. The van der Waals surface area contributed by atoms with E-state index in [2.05, 4.69) is 19.2 Å². The number of hydrogen-bond acceptors (Lipinski definition) is 3. The molecule has 0 amide bonds. The highest BCUT2D eigenvalue weighted by atomic mass is 16.4. The average Bonchev–Trinajstić information content (AvgIpc) is 2.83. The third-order valence-electron chi connectivity index (χ3n) is 3.55. The molecule has 1 atom stereocenters. The third kappa shape index (κ3) is 2.52. The minimum absolute atomic E-state index is 0.155. The van der Waals surface area contributed by atoms with Crippen molar-refractivity contribution in [2.24, 2.45) is 11.3 Å². The van der Waals surface area contributed by atoms with Crippen molar-refractivity contribution in [2.45, 2.75) is 20.3 Å². The zero-order valence-electron chi connectivity index (χ0n) is 10.2. The summed E-state index contributed by atoms with van der Waals surface area (Å²) in [6, 6.07) is 4.98. The van der Waals surface area contributed by atoms with Crippen LogP contribution in [0.5, 0.6) is 0 Å². The molecule has 92 valence electrons. The summed E-state index contributed by atoms with van der Waals surface area (Å²) in [4.78, 5) is 10.8. The maximum absolute atomic E-state index is 10.8. The van der Waals surface area contributed by atoms with Gasteiger partial charge in [-0.15, -0.1) is 0 Å². The largest absolute Gasteiger partial charge is 0.478 e. The van der Waals surface area contributed by atoms with Crippen molar-refractivity contribution >= 4 is 17.3 Å². The van der Waals surface area contributed by atoms with E-state index in [0.717, 1.165) is 12.2 Å². The fraction of sp³-hybridized carbons (Fsp3) is 0.462. The van der Waals surface area contributed by atoms with Crippen LogP contribution in [0.1, 0.15) is 30.6 Å². The van der Waals surface area contributed by atoms with Crippen molar-refractivity contribution in [2.75, 3.05) is 17.6 Å². The van der Waals surface area contributed by atoms with Crippen LogP contribution < -0.4 is 11.1 Å². The molecule has 1 unspecified atom stereocenters. The van der Waals surface area contributed by atoms with Crippen molar-refractivity contribution in [1.29, 1.82) is 0 Å². The lowest BCUT2D eigenvalue weighted by Gasteiger charge is -2.09. The standard InChI is InChI=1S/C13H18N2O2/c1-13(2)6-8(13)7-15-9-3-4-10(12(16)17)11(14)5-9/h3-5,8,15H,6-7,14H2,1-2H3,(H,16,17).